The van der Waals surface area contributed by atoms with Gasteiger partial charge in [0.1, 0.15) is 18.0 Å². The number of hydrogen-bond acceptors (Lipinski definition) is 6. The van der Waals surface area contributed by atoms with Gasteiger partial charge in [0, 0.05) is 6.54 Å². The zero-order valence-electron chi connectivity index (χ0n) is 18.7. The Kier molecular flexibility index (Phi) is 7.23. The number of ether oxygens (including phenoxy) is 1. The van der Waals surface area contributed by atoms with Crippen molar-refractivity contribution in [1.29, 1.82) is 0 Å². The second kappa shape index (κ2) is 10.5. The maximum absolute atomic E-state index is 12.6. The molecule has 3 aromatic rings. The number of anilines is 1. The smallest absolute Gasteiger partial charge is 0.330 e. The van der Waals surface area contributed by atoms with Crippen LogP contribution in [0.4, 0.5) is 5.69 Å². The number of aliphatic hydroxyl groups is 2. The maximum atomic E-state index is 12.6. The van der Waals surface area contributed by atoms with E-state index in [0.29, 0.717) is 5.75 Å². The molecule has 0 unspecified atom stereocenters. The van der Waals surface area contributed by atoms with Crippen molar-refractivity contribution in [1.82, 2.24) is 10.0 Å². The molecule has 0 saturated heterocycles. The van der Waals surface area contributed by atoms with Crippen molar-refractivity contribution < 1.29 is 28.2 Å². The number of carbonyl (C=O) groups excluding carboxylic acids is 1. The van der Waals surface area contributed by atoms with Crippen LogP contribution < -0.4 is 19.1 Å². The monoisotopic (exact) mass is 495 g/mol. The minimum absolute atomic E-state index is 0.118. The van der Waals surface area contributed by atoms with E-state index in [4.69, 9.17) is 9.84 Å². The Bertz CT molecular complexity index is 1330. The van der Waals surface area contributed by atoms with Crippen LogP contribution in [0.1, 0.15) is 11.1 Å². The fourth-order valence-corrected chi connectivity index (χ4v) is 4.63. The molecule has 4 N–H and O–H groups in total. The summed E-state index contributed by atoms with van der Waals surface area (Å²) in [6, 6.07) is 21.9. The van der Waals surface area contributed by atoms with Gasteiger partial charge in [0.25, 0.3) is 0 Å². The van der Waals surface area contributed by atoms with Crippen LogP contribution >= 0.6 is 0 Å². The Morgan fingerprint density at radius 1 is 0.971 bits per heavy atom. The SMILES string of the molecule is O=C(Cc1ccc(-c2ccc(OCc3ccccc3)c(N3C=C(O)NS3(=O)=O)c2)cc1)NCCO. The quantitative estimate of drug-likeness (QED) is 0.361. The zero-order valence-corrected chi connectivity index (χ0v) is 19.5. The van der Waals surface area contributed by atoms with Crippen LogP contribution in [0.5, 0.6) is 5.75 Å². The van der Waals surface area contributed by atoms with Crippen molar-refractivity contribution >= 4 is 21.8 Å². The van der Waals surface area contributed by atoms with Gasteiger partial charge in [0.2, 0.25) is 11.8 Å². The van der Waals surface area contributed by atoms with E-state index in [0.717, 1.165) is 32.8 Å². The molecule has 1 heterocycles. The molecular weight excluding hydrogens is 470 g/mol. The molecule has 0 aromatic heterocycles. The third kappa shape index (κ3) is 5.92. The molecule has 0 fully saturated rings. The molecule has 0 aliphatic carbocycles. The number of amides is 1. The van der Waals surface area contributed by atoms with Crippen LogP contribution in [-0.4, -0.2) is 37.7 Å². The molecule has 9 nitrogen and oxygen atoms in total. The molecule has 10 heteroatoms. The highest BCUT2D eigenvalue weighted by molar-refractivity contribution is 7.91. The average molecular weight is 496 g/mol. The summed E-state index contributed by atoms with van der Waals surface area (Å²) < 4.78 is 34.1. The molecular formula is C25H25N3O6S. The molecule has 0 radical (unpaired) electrons. The number of nitrogens with one attached hydrogen (secondary N) is 2. The summed E-state index contributed by atoms with van der Waals surface area (Å²) in [6.07, 6.45) is 1.26. The third-order valence-electron chi connectivity index (χ3n) is 5.25. The van der Waals surface area contributed by atoms with E-state index in [1.807, 2.05) is 65.4 Å². The second-order valence-electron chi connectivity index (χ2n) is 7.82. The molecule has 1 aliphatic heterocycles. The van der Waals surface area contributed by atoms with Gasteiger partial charge >= 0.3 is 10.2 Å². The van der Waals surface area contributed by atoms with Gasteiger partial charge in [-0.2, -0.15) is 8.42 Å². The molecule has 182 valence electrons. The van der Waals surface area contributed by atoms with Crippen LogP contribution in [0.25, 0.3) is 11.1 Å². The second-order valence-corrected chi connectivity index (χ2v) is 9.37. The molecule has 0 atom stereocenters. The Hall–Kier alpha value is -4.02. The topological polar surface area (TPSA) is 128 Å². The van der Waals surface area contributed by atoms with E-state index in [1.165, 1.54) is 0 Å². The number of hydrogen-bond donors (Lipinski definition) is 4. The average Bonchev–Trinajstić information content (AvgIpc) is 3.14. The third-order valence-corrected chi connectivity index (χ3v) is 6.54. The minimum atomic E-state index is -4.02. The van der Waals surface area contributed by atoms with E-state index in [9.17, 15) is 18.3 Å². The van der Waals surface area contributed by atoms with Crippen LogP contribution in [0.3, 0.4) is 0 Å². The van der Waals surface area contributed by atoms with E-state index < -0.39 is 16.1 Å². The first-order valence-corrected chi connectivity index (χ1v) is 12.3. The number of rotatable bonds is 9. The highest BCUT2D eigenvalue weighted by Crippen LogP contribution is 2.37. The van der Waals surface area contributed by atoms with Crippen molar-refractivity contribution in [3.05, 3.63) is 96.0 Å². The molecule has 1 amide bonds. The largest absolute Gasteiger partial charge is 0.493 e. The molecule has 0 spiro atoms. The Balaban J connectivity index is 1.62. The summed E-state index contributed by atoms with van der Waals surface area (Å²) in [6.45, 7) is 0.321. The first-order valence-electron chi connectivity index (χ1n) is 10.9. The Morgan fingerprint density at radius 3 is 2.34 bits per heavy atom. The lowest BCUT2D eigenvalue weighted by molar-refractivity contribution is -0.120. The number of benzene rings is 3. The van der Waals surface area contributed by atoms with Crippen molar-refractivity contribution in [2.24, 2.45) is 0 Å². The summed E-state index contributed by atoms with van der Waals surface area (Å²) in [5.41, 5.74) is 3.48. The summed E-state index contributed by atoms with van der Waals surface area (Å²) >= 11 is 0. The molecule has 0 saturated carbocycles. The van der Waals surface area contributed by atoms with Crippen LogP contribution in [0, 0.1) is 0 Å². The van der Waals surface area contributed by atoms with Crippen molar-refractivity contribution in [3.8, 4) is 16.9 Å². The van der Waals surface area contributed by atoms with Gasteiger partial charge in [0.15, 0.2) is 0 Å². The fraction of sp³-hybridized carbons (Fsp3) is 0.160. The predicted molar refractivity (Wildman–Crippen MR) is 132 cm³/mol. The van der Waals surface area contributed by atoms with E-state index >= 15 is 0 Å². The minimum Gasteiger partial charge on any atom is -0.493 e. The standard InChI is InChI=1S/C25H25N3O6S/c29-13-12-26-24(30)14-18-6-8-20(9-7-18)21-10-11-23(34-17-19-4-2-1-3-5-19)22(15-21)28-16-25(31)27-35(28,32)33/h1-11,15-16,27,29,31H,12-14,17H2,(H,26,30). The fourth-order valence-electron chi connectivity index (χ4n) is 3.57. The number of aliphatic hydroxyl groups excluding tert-OH is 2. The highest BCUT2D eigenvalue weighted by atomic mass is 32.2. The normalized spacial score (nSPS) is 14.2. The summed E-state index contributed by atoms with van der Waals surface area (Å²) in [7, 11) is -4.02. The number of nitrogens with zero attached hydrogens (tertiary/aromatic N) is 1. The van der Waals surface area contributed by atoms with Gasteiger partial charge in [0.05, 0.1) is 19.2 Å². The maximum Gasteiger partial charge on any atom is 0.330 e. The lowest BCUT2D eigenvalue weighted by atomic mass is 10.0. The molecule has 35 heavy (non-hydrogen) atoms. The molecule has 0 bridgehead atoms. The van der Waals surface area contributed by atoms with E-state index in [-0.39, 0.29) is 37.8 Å². The van der Waals surface area contributed by atoms with Crippen LogP contribution in [0.2, 0.25) is 0 Å². The van der Waals surface area contributed by atoms with Gasteiger partial charge in [-0.1, -0.05) is 60.7 Å². The van der Waals surface area contributed by atoms with Crippen molar-refractivity contribution in [2.45, 2.75) is 13.0 Å². The van der Waals surface area contributed by atoms with Gasteiger partial charge in [-0.3, -0.25) is 4.79 Å². The van der Waals surface area contributed by atoms with Crippen molar-refractivity contribution in [3.63, 3.8) is 0 Å². The zero-order chi connectivity index (χ0) is 24.8. The summed E-state index contributed by atoms with van der Waals surface area (Å²) in [5, 5.41) is 21.2. The Morgan fingerprint density at radius 2 is 1.69 bits per heavy atom. The predicted octanol–water partition coefficient (Wildman–Crippen LogP) is 2.59. The lowest BCUT2D eigenvalue weighted by Gasteiger charge is -2.20. The van der Waals surface area contributed by atoms with Crippen LogP contribution in [0.15, 0.2) is 84.9 Å². The van der Waals surface area contributed by atoms with E-state index in [2.05, 4.69) is 5.32 Å². The Labute approximate surface area is 203 Å². The lowest BCUT2D eigenvalue weighted by Crippen LogP contribution is -2.30. The molecule has 1 aliphatic rings. The summed E-state index contributed by atoms with van der Waals surface area (Å²) in [5.74, 6) is -0.355. The van der Waals surface area contributed by atoms with Gasteiger partial charge in [-0.25, -0.2) is 9.03 Å². The van der Waals surface area contributed by atoms with Gasteiger partial charge in [-0.05, 0) is 34.4 Å². The van der Waals surface area contributed by atoms with Crippen LogP contribution in [-0.2, 0) is 28.0 Å². The highest BCUT2D eigenvalue weighted by Gasteiger charge is 2.31. The first-order chi connectivity index (χ1) is 16.9. The number of carbonyl (C=O) groups is 1. The summed E-state index contributed by atoms with van der Waals surface area (Å²) in [4.78, 5) is 11.9. The molecule has 4 rings (SSSR count). The van der Waals surface area contributed by atoms with Gasteiger partial charge in [-0.15, -0.1) is 0 Å². The van der Waals surface area contributed by atoms with Crippen molar-refractivity contribution in [2.75, 3.05) is 17.5 Å². The van der Waals surface area contributed by atoms with E-state index in [1.54, 1.807) is 12.1 Å². The molecule has 3 aromatic carbocycles. The van der Waals surface area contributed by atoms with Gasteiger partial charge < -0.3 is 20.3 Å². The first kappa shape index (κ1) is 24.1.